The van der Waals surface area contributed by atoms with Crippen LogP contribution in [0.1, 0.15) is 37.0 Å². The Morgan fingerprint density at radius 2 is 1.78 bits per heavy atom. The zero-order valence-electron chi connectivity index (χ0n) is 13.1. The third-order valence-corrected chi connectivity index (χ3v) is 3.21. The Morgan fingerprint density at radius 3 is 2.30 bits per heavy atom. The molecule has 2 amide bonds. The van der Waals surface area contributed by atoms with Crippen LogP contribution in [-0.4, -0.2) is 35.5 Å². The van der Waals surface area contributed by atoms with Crippen LogP contribution < -0.4 is 10.6 Å². The summed E-state index contributed by atoms with van der Waals surface area (Å²) in [5, 5.41) is 13.8. The second kappa shape index (κ2) is 8.87. The number of carbonyl (C=O) groups excluding carboxylic acids is 2. The summed E-state index contributed by atoms with van der Waals surface area (Å²) in [4.78, 5) is 34.6. The monoisotopic (exact) mass is 324 g/mol. The van der Waals surface area contributed by atoms with Crippen LogP contribution in [0.25, 0.3) is 0 Å². The third-order valence-electron chi connectivity index (χ3n) is 3.21. The molecule has 1 aromatic rings. The quantitative estimate of drug-likeness (QED) is 0.632. The van der Waals surface area contributed by atoms with Crippen molar-refractivity contribution in [2.45, 2.75) is 32.7 Å². The molecule has 0 aromatic heterocycles. The van der Waals surface area contributed by atoms with Gasteiger partial charge in [-0.1, -0.05) is 13.8 Å². The van der Waals surface area contributed by atoms with Gasteiger partial charge in [-0.25, -0.2) is 4.39 Å². The Morgan fingerprint density at radius 1 is 1.17 bits per heavy atom. The average molecular weight is 324 g/mol. The summed E-state index contributed by atoms with van der Waals surface area (Å²) >= 11 is 0. The highest BCUT2D eigenvalue weighted by Gasteiger charge is 2.24. The third kappa shape index (κ3) is 6.46. The summed E-state index contributed by atoms with van der Waals surface area (Å²) < 4.78 is 12.9. The number of carboxylic acids is 1. The van der Waals surface area contributed by atoms with Gasteiger partial charge in [0.1, 0.15) is 11.9 Å². The summed E-state index contributed by atoms with van der Waals surface area (Å²) in [7, 11) is 0. The smallest absolute Gasteiger partial charge is 0.303 e. The molecule has 1 unspecified atom stereocenters. The Labute approximate surface area is 134 Å². The van der Waals surface area contributed by atoms with Crippen LogP contribution in [0.4, 0.5) is 4.39 Å². The maximum atomic E-state index is 12.9. The number of hydrogen-bond acceptors (Lipinski definition) is 3. The molecule has 0 heterocycles. The molecular formula is C16H21FN2O4. The van der Waals surface area contributed by atoms with Gasteiger partial charge in [0.25, 0.3) is 5.91 Å². The highest BCUT2D eigenvalue weighted by atomic mass is 19.1. The van der Waals surface area contributed by atoms with Crippen LogP contribution in [0.5, 0.6) is 0 Å². The number of benzene rings is 1. The molecule has 7 heteroatoms. The van der Waals surface area contributed by atoms with Gasteiger partial charge in [0.2, 0.25) is 5.91 Å². The predicted molar refractivity (Wildman–Crippen MR) is 82.4 cm³/mol. The molecule has 0 radical (unpaired) electrons. The number of nitrogens with one attached hydrogen (secondary N) is 2. The Kier molecular flexibility index (Phi) is 7.18. The van der Waals surface area contributed by atoms with Crippen LogP contribution in [0.2, 0.25) is 0 Å². The molecular weight excluding hydrogens is 303 g/mol. The van der Waals surface area contributed by atoms with Gasteiger partial charge in [0.05, 0.1) is 0 Å². The first kappa shape index (κ1) is 18.6. The molecule has 126 valence electrons. The van der Waals surface area contributed by atoms with E-state index < -0.39 is 23.7 Å². The van der Waals surface area contributed by atoms with Crippen molar-refractivity contribution < 1.29 is 23.9 Å². The highest BCUT2D eigenvalue weighted by Crippen LogP contribution is 2.07. The summed E-state index contributed by atoms with van der Waals surface area (Å²) in [6, 6.07) is 4.27. The molecule has 3 N–H and O–H groups in total. The SMILES string of the molecule is CC(C)C(NC(=O)c1ccc(F)cc1)C(=O)NCCCC(=O)O. The van der Waals surface area contributed by atoms with Crippen molar-refractivity contribution in [1.29, 1.82) is 0 Å². The van der Waals surface area contributed by atoms with Crippen molar-refractivity contribution in [2.24, 2.45) is 5.92 Å². The number of halogens is 1. The molecule has 1 atom stereocenters. The number of carbonyl (C=O) groups is 3. The molecule has 1 rings (SSSR count). The number of hydrogen-bond donors (Lipinski definition) is 3. The normalized spacial score (nSPS) is 11.8. The minimum Gasteiger partial charge on any atom is -0.481 e. The lowest BCUT2D eigenvalue weighted by atomic mass is 10.0. The van der Waals surface area contributed by atoms with E-state index in [-0.39, 0.29) is 30.4 Å². The zero-order chi connectivity index (χ0) is 17.4. The second-order valence-corrected chi connectivity index (χ2v) is 5.49. The van der Waals surface area contributed by atoms with Gasteiger partial charge < -0.3 is 15.7 Å². The number of carboxylic acid groups (broad SMARTS) is 1. The molecule has 0 saturated heterocycles. The van der Waals surface area contributed by atoms with Crippen LogP contribution >= 0.6 is 0 Å². The standard InChI is InChI=1S/C16H21FN2O4/c1-10(2)14(16(23)18-9-3-4-13(20)21)19-15(22)11-5-7-12(17)8-6-11/h5-8,10,14H,3-4,9H2,1-2H3,(H,18,23)(H,19,22)(H,20,21). The molecule has 0 bridgehead atoms. The van der Waals surface area contributed by atoms with Gasteiger partial charge in [-0.05, 0) is 36.6 Å². The largest absolute Gasteiger partial charge is 0.481 e. The first-order valence-corrected chi connectivity index (χ1v) is 7.37. The van der Waals surface area contributed by atoms with Gasteiger partial charge in [-0.3, -0.25) is 14.4 Å². The number of rotatable bonds is 8. The summed E-state index contributed by atoms with van der Waals surface area (Å²) in [5.74, 6) is -2.37. The van der Waals surface area contributed by atoms with E-state index in [1.807, 2.05) is 0 Å². The van der Waals surface area contributed by atoms with Gasteiger partial charge >= 0.3 is 5.97 Å². The first-order chi connectivity index (χ1) is 10.8. The van der Waals surface area contributed by atoms with Crippen LogP contribution in [0, 0.1) is 11.7 Å². The van der Waals surface area contributed by atoms with Crippen molar-refractivity contribution in [2.75, 3.05) is 6.54 Å². The molecule has 0 saturated carbocycles. The number of amides is 2. The maximum Gasteiger partial charge on any atom is 0.303 e. The minimum atomic E-state index is -0.927. The van der Waals surface area contributed by atoms with Crippen molar-refractivity contribution in [3.8, 4) is 0 Å². The van der Waals surface area contributed by atoms with Crippen LogP contribution in [0.15, 0.2) is 24.3 Å². The molecule has 0 aliphatic rings. The summed E-state index contributed by atoms with van der Waals surface area (Å²) in [5.41, 5.74) is 0.260. The van der Waals surface area contributed by atoms with Gasteiger partial charge in [-0.2, -0.15) is 0 Å². The lowest BCUT2D eigenvalue weighted by molar-refractivity contribution is -0.137. The second-order valence-electron chi connectivity index (χ2n) is 5.49. The average Bonchev–Trinajstić information content (AvgIpc) is 2.48. The van der Waals surface area contributed by atoms with E-state index in [0.717, 1.165) is 0 Å². The lowest BCUT2D eigenvalue weighted by Crippen LogP contribution is -2.49. The van der Waals surface area contributed by atoms with Crippen molar-refractivity contribution in [3.63, 3.8) is 0 Å². The van der Waals surface area contributed by atoms with Gasteiger partial charge in [-0.15, -0.1) is 0 Å². The molecule has 6 nitrogen and oxygen atoms in total. The number of aliphatic carboxylic acids is 1. The topological polar surface area (TPSA) is 95.5 Å². The van der Waals surface area contributed by atoms with E-state index in [0.29, 0.717) is 6.42 Å². The fourth-order valence-electron chi connectivity index (χ4n) is 1.92. The van der Waals surface area contributed by atoms with Gasteiger partial charge in [0, 0.05) is 18.5 Å². The van der Waals surface area contributed by atoms with E-state index in [1.54, 1.807) is 13.8 Å². The minimum absolute atomic E-state index is 0.0332. The van der Waals surface area contributed by atoms with E-state index in [2.05, 4.69) is 10.6 Å². The van der Waals surface area contributed by atoms with Crippen molar-refractivity contribution in [1.82, 2.24) is 10.6 Å². The van der Waals surface area contributed by atoms with E-state index in [9.17, 15) is 18.8 Å². The zero-order valence-corrected chi connectivity index (χ0v) is 13.1. The highest BCUT2D eigenvalue weighted by molar-refractivity contribution is 5.97. The molecule has 0 aliphatic carbocycles. The Bertz CT molecular complexity index is 558. The molecule has 0 spiro atoms. The Balaban J connectivity index is 2.60. The van der Waals surface area contributed by atoms with E-state index in [1.165, 1.54) is 24.3 Å². The summed E-state index contributed by atoms with van der Waals surface area (Å²) in [6.45, 7) is 3.79. The Hall–Kier alpha value is -2.44. The lowest BCUT2D eigenvalue weighted by Gasteiger charge is -2.21. The predicted octanol–water partition coefficient (Wildman–Crippen LogP) is 1.56. The van der Waals surface area contributed by atoms with Crippen molar-refractivity contribution >= 4 is 17.8 Å². The molecule has 1 aromatic carbocycles. The van der Waals surface area contributed by atoms with E-state index in [4.69, 9.17) is 5.11 Å². The molecule has 0 fully saturated rings. The molecule has 0 aliphatic heterocycles. The van der Waals surface area contributed by atoms with Crippen molar-refractivity contribution in [3.05, 3.63) is 35.6 Å². The first-order valence-electron chi connectivity index (χ1n) is 7.37. The van der Waals surface area contributed by atoms with E-state index >= 15 is 0 Å². The summed E-state index contributed by atoms with van der Waals surface area (Å²) in [6.07, 6.45) is 0.284. The van der Waals surface area contributed by atoms with Crippen LogP contribution in [0.3, 0.4) is 0 Å². The fourth-order valence-corrected chi connectivity index (χ4v) is 1.92. The van der Waals surface area contributed by atoms with Crippen LogP contribution in [-0.2, 0) is 9.59 Å². The fraction of sp³-hybridized carbons (Fsp3) is 0.438. The van der Waals surface area contributed by atoms with Gasteiger partial charge in [0.15, 0.2) is 0 Å². The molecule has 23 heavy (non-hydrogen) atoms. The maximum absolute atomic E-state index is 12.9.